The number of carbonyl (C=O) groups excluding carboxylic acids is 1. The Hall–Kier alpha value is -2.08. The van der Waals surface area contributed by atoms with Gasteiger partial charge in [0.25, 0.3) is 5.91 Å². The van der Waals surface area contributed by atoms with Crippen molar-refractivity contribution in [3.05, 3.63) is 29.8 Å². The zero-order valence-corrected chi connectivity index (χ0v) is 13.6. The summed E-state index contributed by atoms with van der Waals surface area (Å²) in [5.74, 6) is -0.900. The molecule has 6 nitrogen and oxygen atoms in total. The first-order valence-corrected chi connectivity index (χ1v) is 7.96. The van der Waals surface area contributed by atoms with Crippen molar-refractivity contribution in [2.24, 2.45) is 5.92 Å². The topological polar surface area (TPSA) is 78.9 Å². The Morgan fingerprint density at radius 3 is 2.35 bits per heavy atom. The molecule has 6 heteroatoms. The van der Waals surface area contributed by atoms with E-state index in [2.05, 4.69) is 10.2 Å². The van der Waals surface area contributed by atoms with Gasteiger partial charge in [-0.1, -0.05) is 13.8 Å². The highest BCUT2D eigenvalue weighted by Gasteiger charge is 2.23. The van der Waals surface area contributed by atoms with Gasteiger partial charge in [0.1, 0.15) is 18.5 Å². The highest BCUT2D eigenvalue weighted by molar-refractivity contribution is 5.96. The van der Waals surface area contributed by atoms with E-state index in [9.17, 15) is 9.59 Å². The molecule has 0 spiro atoms. The number of hydrogen-bond donors (Lipinski definition) is 2. The smallest absolute Gasteiger partial charge is 0.326 e. The first kappa shape index (κ1) is 17.3. The third-order valence-corrected chi connectivity index (χ3v) is 3.95. The van der Waals surface area contributed by atoms with Crippen LogP contribution in [0.5, 0.6) is 5.75 Å². The van der Waals surface area contributed by atoms with Crippen molar-refractivity contribution in [3.63, 3.8) is 0 Å². The summed E-state index contributed by atoms with van der Waals surface area (Å²) >= 11 is 0. The van der Waals surface area contributed by atoms with Crippen molar-refractivity contribution in [2.45, 2.75) is 32.7 Å². The minimum atomic E-state index is -1.03. The van der Waals surface area contributed by atoms with E-state index in [0.717, 1.165) is 13.1 Å². The van der Waals surface area contributed by atoms with Crippen LogP contribution in [-0.4, -0.2) is 47.7 Å². The molecule has 126 valence electrons. The fourth-order valence-electron chi connectivity index (χ4n) is 2.52. The molecule has 1 aliphatic heterocycles. The molecule has 23 heavy (non-hydrogen) atoms. The molecule has 1 aliphatic rings. The summed E-state index contributed by atoms with van der Waals surface area (Å²) in [6.45, 7) is 6.20. The SMILES string of the molecule is CC(C)C(NC(=O)c1ccc(OCN2CCCC2)cc1)C(=O)O. The van der Waals surface area contributed by atoms with Gasteiger partial charge < -0.3 is 15.2 Å². The van der Waals surface area contributed by atoms with Crippen molar-refractivity contribution < 1.29 is 19.4 Å². The lowest BCUT2D eigenvalue weighted by Gasteiger charge is -2.18. The largest absolute Gasteiger partial charge is 0.480 e. The van der Waals surface area contributed by atoms with Crippen molar-refractivity contribution in [2.75, 3.05) is 19.8 Å². The van der Waals surface area contributed by atoms with Crippen LogP contribution < -0.4 is 10.1 Å². The number of carboxylic acid groups (broad SMARTS) is 1. The van der Waals surface area contributed by atoms with E-state index in [1.165, 1.54) is 12.8 Å². The summed E-state index contributed by atoms with van der Waals surface area (Å²) in [6, 6.07) is 5.86. The monoisotopic (exact) mass is 320 g/mol. The number of ether oxygens (including phenoxy) is 1. The molecular formula is C17H24N2O4. The molecule has 0 aliphatic carbocycles. The Morgan fingerprint density at radius 1 is 1.22 bits per heavy atom. The van der Waals surface area contributed by atoms with Gasteiger partial charge in [0.15, 0.2) is 0 Å². The first-order valence-electron chi connectivity index (χ1n) is 7.96. The number of hydrogen-bond acceptors (Lipinski definition) is 4. The summed E-state index contributed by atoms with van der Waals surface area (Å²) in [4.78, 5) is 25.5. The van der Waals surface area contributed by atoms with Gasteiger partial charge in [0.2, 0.25) is 0 Å². The van der Waals surface area contributed by atoms with Gasteiger partial charge in [0.05, 0.1) is 0 Å². The van der Waals surface area contributed by atoms with Crippen LogP contribution in [0, 0.1) is 5.92 Å². The average Bonchev–Trinajstić information content (AvgIpc) is 3.03. The molecule has 1 aromatic rings. The second kappa shape index (κ2) is 7.97. The number of benzene rings is 1. The van der Waals surface area contributed by atoms with Gasteiger partial charge >= 0.3 is 5.97 Å². The Bertz CT molecular complexity index is 536. The minimum absolute atomic E-state index is 0.181. The predicted octanol–water partition coefficient (Wildman–Crippen LogP) is 1.96. The molecule has 0 bridgehead atoms. The maximum absolute atomic E-state index is 12.1. The van der Waals surface area contributed by atoms with E-state index in [4.69, 9.17) is 9.84 Å². The number of nitrogens with zero attached hydrogens (tertiary/aromatic N) is 1. The van der Waals surface area contributed by atoms with Crippen LogP contribution in [0.2, 0.25) is 0 Å². The summed E-state index contributed by atoms with van der Waals surface area (Å²) in [5, 5.41) is 11.7. The highest BCUT2D eigenvalue weighted by Crippen LogP contribution is 2.15. The quantitative estimate of drug-likeness (QED) is 0.803. The van der Waals surface area contributed by atoms with Crippen molar-refractivity contribution in [1.82, 2.24) is 10.2 Å². The summed E-state index contributed by atoms with van der Waals surface area (Å²) in [5.41, 5.74) is 0.422. The van der Waals surface area contributed by atoms with Crippen molar-refractivity contribution >= 4 is 11.9 Å². The van der Waals surface area contributed by atoms with Gasteiger partial charge in [-0.3, -0.25) is 9.69 Å². The number of nitrogens with one attached hydrogen (secondary N) is 1. The van der Waals surface area contributed by atoms with E-state index in [0.29, 0.717) is 18.0 Å². The fraction of sp³-hybridized carbons (Fsp3) is 0.529. The van der Waals surface area contributed by atoms with Crippen LogP contribution in [-0.2, 0) is 4.79 Å². The lowest BCUT2D eigenvalue weighted by Crippen LogP contribution is -2.44. The van der Waals surface area contributed by atoms with E-state index < -0.39 is 17.9 Å². The highest BCUT2D eigenvalue weighted by atomic mass is 16.5. The van der Waals surface area contributed by atoms with Gasteiger partial charge in [0, 0.05) is 18.7 Å². The standard InChI is InChI=1S/C17H24N2O4/c1-12(2)15(17(21)22)18-16(20)13-5-7-14(8-6-13)23-11-19-9-3-4-10-19/h5-8,12,15H,3-4,9-11H2,1-2H3,(H,18,20)(H,21,22). The molecule has 1 amide bonds. The van der Waals surface area contributed by atoms with Gasteiger partial charge in [-0.2, -0.15) is 0 Å². The zero-order chi connectivity index (χ0) is 16.8. The van der Waals surface area contributed by atoms with Gasteiger partial charge in [-0.25, -0.2) is 4.79 Å². The number of likely N-dealkylation sites (tertiary alicyclic amines) is 1. The number of carboxylic acids is 1. The number of rotatable bonds is 7. The minimum Gasteiger partial charge on any atom is -0.480 e. The Morgan fingerprint density at radius 2 is 1.83 bits per heavy atom. The maximum atomic E-state index is 12.1. The number of carbonyl (C=O) groups is 2. The molecule has 2 N–H and O–H groups in total. The van der Waals surface area contributed by atoms with Gasteiger partial charge in [-0.05, 0) is 43.0 Å². The third kappa shape index (κ3) is 4.96. The molecular weight excluding hydrogens is 296 g/mol. The van der Waals surface area contributed by atoms with Gasteiger partial charge in [-0.15, -0.1) is 0 Å². The normalized spacial score (nSPS) is 16.3. The molecule has 1 atom stereocenters. The second-order valence-corrected chi connectivity index (χ2v) is 6.16. The summed E-state index contributed by atoms with van der Waals surface area (Å²) < 4.78 is 5.68. The summed E-state index contributed by atoms with van der Waals surface area (Å²) in [7, 11) is 0. The average molecular weight is 320 g/mol. The van der Waals surface area contributed by atoms with Crippen molar-refractivity contribution in [1.29, 1.82) is 0 Å². The van der Waals surface area contributed by atoms with Crippen molar-refractivity contribution in [3.8, 4) is 5.75 Å². The zero-order valence-electron chi connectivity index (χ0n) is 13.6. The lowest BCUT2D eigenvalue weighted by molar-refractivity contribution is -0.140. The Labute approximate surface area is 136 Å². The van der Waals surface area contributed by atoms with E-state index in [1.54, 1.807) is 38.1 Å². The van der Waals surface area contributed by atoms with E-state index in [1.807, 2.05) is 0 Å². The molecule has 0 aromatic heterocycles. The molecule has 1 aromatic carbocycles. The van der Waals surface area contributed by atoms with E-state index >= 15 is 0 Å². The molecule has 0 saturated carbocycles. The first-order chi connectivity index (χ1) is 11.0. The third-order valence-electron chi connectivity index (χ3n) is 3.95. The molecule has 1 saturated heterocycles. The molecule has 2 rings (SSSR count). The second-order valence-electron chi connectivity index (χ2n) is 6.16. The van der Waals surface area contributed by atoms with Crippen LogP contribution in [0.15, 0.2) is 24.3 Å². The van der Waals surface area contributed by atoms with Crippen LogP contribution in [0.3, 0.4) is 0 Å². The van der Waals surface area contributed by atoms with Crippen LogP contribution in [0.25, 0.3) is 0 Å². The Balaban J connectivity index is 1.90. The maximum Gasteiger partial charge on any atom is 0.326 e. The number of aliphatic carboxylic acids is 1. The Kier molecular flexibility index (Phi) is 5.98. The van der Waals surface area contributed by atoms with Crippen LogP contribution in [0.4, 0.5) is 0 Å². The van der Waals surface area contributed by atoms with E-state index in [-0.39, 0.29) is 5.92 Å². The predicted molar refractivity (Wildman–Crippen MR) is 86.5 cm³/mol. The lowest BCUT2D eigenvalue weighted by atomic mass is 10.0. The molecule has 1 heterocycles. The fourth-order valence-corrected chi connectivity index (χ4v) is 2.52. The molecule has 0 radical (unpaired) electrons. The van der Waals surface area contributed by atoms with Crippen LogP contribution >= 0.6 is 0 Å². The molecule has 1 fully saturated rings. The number of amides is 1. The van der Waals surface area contributed by atoms with Crippen LogP contribution in [0.1, 0.15) is 37.0 Å². The summed E-state index contributed by atoms with van der Waals surface area (Å²) in [6.07, 6.45) is 2.42. The molecule has 1 unspecified atom stereocenters.